The van der Waals surface area contributed by atoms with Crippen LogP contribution in [0.2, 0.25) is 0 Å². The number of amides is 4. The van der Waals surface area contributed by atoms with Gasteiger partial charge >= 0.3 is 0 Å². The number of ether oxygens (including phenoxy) is 2. The van der Waals surface area contributed by atoms with E-state index < -0.39 is 29.6 Å². The van der Waals surface area contributed by atoms with E-state index in [-0.39, 0.29) is 54.7 Å². The van der Waals surface area contributed by atoms with Gasteiger partial charge in [0.15, 0.2) is 0 Å². The predicted molar refractivity (Wildman–Crippen MR) is 188 cm³/mol. The van der Waals surface area contributed by atoms with Gasteiger partial charge in [0, 0.05) is 39.4 Å². The number of nitrogens with one attached hydrogen (secondary N) is 2. The standard InChI is InChI=1S/C36H54N6O6S/c1-23(33(45)40-26(34-38-17-19-49-34)20-24-12-8-7-9-13-24)32(48-6)27-16-11-18-42(27)29(43)21-28(47-5)31(25-14-10-15-25)41(4)30(44)22-39-35(46)36(2,3)37/h7-9,12-13,17,19,23,25-28,31-32H,10-11,14-16,18,20-22,37H2,1-6H3,(H,39,46)(H,40,45). The molecular formula is C36H54N6O6S. The quantitative estimate of drug-likeness (QED) is 0.228. The van der Waals surface area contributed by atoms with E-state index in [1.165, 1.54) is 11.3 Å². The van der Waals surface area contributed by atoms with Crippen LogP contribution in [0.15, 0.2) is 41.9 Å². The van der Waals surface area contributed by atoms with Crippen LogP contribution in [0.4, 0.5) is 0 Å². The van der Waals surface area contributed by atoms with E-state index in [4.69, 9.17) is 15.2 Å². The summed E-state index contributed by atoms with van der Waals surface area (Å²) in [6.45, 7) is 5.37. The Hall–Kier alpha value is -3.39. The van der Waals surface area contributed by atoms with Gasteiger partial charge in [0.25, 0.3) is 0 Å². The number of aromatic nitrogens is 1. The lowest BCUT2D eigenvalue weighted by molar-refractivity contribution is -0.147. The monoisotopic (exact) mass is 698 g/mol. The normalized spacial score (nSPS) is 19.7. The molecule has 2 heterocycles. The number of nitrogens with zero attached hydrogens (tertiary/aromatic N) is 3. The number of likely N-dealkylation sites (N-methyl/N-ethyl adjacent to an activating group) is 1. The summed E-state index contributed by atoms with van der Waals surface area (Å²) in [5.41, 5.74) is 5.86. The van der Waals surface area contributed by atoms with E-state index >= 15 is 0 Å². The average Bonchev–Trinajstić information content (AvgIpc) is 3.77. The Morgan fingerprint density at radius 3 is 2.39 bits per heavy atom. The van der Waals surface area contributed by atoms with Gasteiger partial charge in [-0.1, -0.05) is 43.7 Å². The second-order valence-corrected chi connectivity index (χ2v) is 14.9. The molecule has 1 aliphatic carbocycles. The molecule has 1 saturated carbocycles. The zero-order valence-electron chi connectivity index (χ0n) is 29.7. The highest BCUT2D eigenvalue weighted by Gasteiger charge is 2.43. The maximum absolute atomic E-state index is 14.0. The van der Waals surface area contributed by atoms with Crippen LogP contribution in [0.25, 0.3) is 0 Å². The van der Waals surface area contributed by atoms with Crippen molar-refractivity contribution in [1.29, 1.82) is 0 Å². The summed E-state index contributed by atoms with van der Waals surface area (Å²) >= 11 is 1.50. The highest BCUT2D eigenvalue weighted by Crippen LogP contribution is 2.36. The Morgan fingerprint density at radius 1 is 1.10 bits per heavy atom. The van der Waals surface area contributed by atoms with Gasteiger partial charge < -0.3 is 35.6 Å². The molecule has 1 aliphatic heterocycles. The number of benzene rings is 1. The van der Waals surface area contributed by atoms with Gasteiger partial charge in [-0.05, 0) is 57.4 Å². The summed E-state index contributed by atoms with van der Waals surface area (Å²) < 4.78 is 11.9. The summed E-state index contributed by atoms with van der Waals surface area (Å²) in [5, 5.41) is 8.58. The maximum Gasteiger partial charge on any atom is 0.242 e. The number of hydrogen-bond acceptors (Lipinski definition) is 9. The summed E-state index contributed by atoms with van der Waals surface area (Å²) in [4.78, 5) is 61.3. The van der Waals surface area contributed by atoms with Crippen molar-refractivity contribution in [2.24, 2.45) is 17.6 Å². The van der Waals surface area contributed by atoms with Crippen LogP contribution >= 0.6 is 11.3 Å². The molecule has 6 atom stereocenters. The highest BCUT2D eigenvalue weighted by atomic mass is 32.1. The Bertz CT molecular complexity index is 1380. The topological polar surface area (TPSA) is 156 Å². The summed E-state index contributed by atoms with van der Waals surface area (Å²) in [6.07, 6.45) is 5.75. The van der Waals surface area contributed by atoms with Crippen molar-refractivity contribution in [2.75, 3.05) is 34.4 Å². The van der Waals surface area contributed by atoms with Gasteiger partial charge in [0.2, 0.25) is 23.6 Å². The van der Waals surface area contributed by atoms with Gasteiger partial charge in [-0.2, -0.15) is 0 Å². The number of hydrogen-bond donors (Lipinski definition) is 3. The number of rotatable bonds is 17. The van der Waals surface area contributed by atoms with Crippen LogP contribution in [-0.2, 0) is 35.1 Å². The summed E-state index contributed by atoms with van der Waals surface area (Å²) in [7, 11) is 4.87. The van der Waals surface area contributed by atoms with Crippen LogP contribution in [0.5, 0.6) is 0 Å². The molecule has 4 rings (SSSR count). The number of likely N-dealkylation sites (tertiary alicyclic amines) is 1. The third kappa shape index (κ3) is 9.87. The molecule has 2 aromatic rings. The van der Waals surface area contributed by atoms with Crippen molar-refractivity contribution in [3.63, 3.8) is 0 Å². The molecule has 2 fully saturated rings. The smallest absolute Gasteiger partial charge is 0.242 e. The zero-order chi connectivity index (χ0) is 35.7. The van der Waals surface area contributed by atoms with E-state index in [1.54, 1.807) is 46.2 Å². The Balaban J connectivity index is 1.43. The molecule has 13 heteroatoms. The second-order valence-electron chi connectivity index (χ2n) is 14.0. The first kappa shape index (κ1) is 38.4. The molecule has 1 aromatic carbocycles. The molecule has 4 N–H and O–H groups in total. The van der Waals surface area contributed by atoms with Crippen molar-refractivity contribution in [3.8, 4) is 0 Å². The molecule has 6 unspecified atom stereocenters. The fourth-order valence-electron chi connectivity index (χ4n) is 7.01. The van der Waals surface area contributed by atoms with Crippen LogP contribution in [0.1, 0.15) is 75.9 Å². The third-order valence-corrected chi connectivity index (χ3v) is 10.9. The van der Waals surface area contributed by atoms with Crippen molar-refractivity contribution >= 4 is 35.0 Å². The summed E-state index contributed by atoms with van der Waals surface area (Å²) in [6, 6.07) is 9.07. The molecule has 1 aromatic heterocycles. The van der Waals surface area contributed by atoms with Crippen molar-refractivity contribution in [3.05, 3.63) is 52.5 Å². The third-order valence-electron chi connectivity index (χ3n) is 10.0. The molecule has 2 aliphatic rings. The molecule has 270 valence electrons. The summed E-state index contributed by atoms with van der Waals surface area (Å²) in [5.74, 6) is -1.31. The molecule has 0 radical (unpaired) electrons. The first-order chi connectivity index (χ1) is 23.3. The fraction of sp³-hybridized carbons (Fsp3) is 0.639. The lowest BCUT2D eigenvalue weighted by Crippen LogP contribution is -2.57. The fourth-order valence-corrected chi connectivity index (χ4v) is 7.69. The van der Waals surface area contributed by atoms with E-state index in [2.05, 4.69) is 15.6 Å². The zero-order valence-corrected chi connectivity index (χ0v) is 30.5. The SMILES string of the molecule is COC(CC(=O)N1CCCC1C(OC)C(C)C(=O)NC(Cc1ccccc1)c1nccs1)C(C1CCC1)N(C)C(=O)CNC(=O)C(C)(C)N. The van der Waals surface area contributed by atoms with E-state index in [0.29, 0.717) is 19.4 Å². The minimum absolute atomic E-state index is 0.0776. The largest absolute Gasteiger partial charge is 0.379 e. The highest BCUT2D eigenvalue weighted by molar-refractivity contribution is 7.09. The van der Waals surface area contributed by atoms with Crippen molar-refractivity contribution in [2.45, 2.75) is 102 Å². The first-order valence-corrected chi connectivity index (χ1v) is 18.1. The Morgan fingerprint density at radius 2 is 1.82 bits per heavy atom. The van der Waals surface area contributed by atoms with Gasteiger partial charge in [0.1, 0.15) is 5.01 Å². The van der Waals surface area contributed by atoms with Crippen LogP contribution < -0.4 is 16.4 Å². The van der Waals surface area contributed by atoms with Crippen molar-refractivity contribution in [1.82, 2.24) is 25.4 Å². The molecule has 4 amide bonds. The predicted octanol–water partition coefficient (Wildman–Crippen LogP) is 3.07. The van der Waals surface area contributed by atoms with E-state index in [9.17, 15) is 19.2 Å². The van der Waals surface area contributed by atoms with Crippen molar-refractivity contribution < 1.29 is 28.7 Å². The Kier molecular flexibility index (Phi) is 13.7. The first-order valence-electron chi connectivity index (χ1n) is 17.3. The molecule has 0 bridgehead atoms. The van der Waals surface area contributed by atoms with E-state index in [0.717, 1.165) is 36.3 Å². The lowest BCUT2D eigenvalue weighted by Gasteiger charge is -2.43. The number of carbonyl (C=O) groups excluding carboxylic acids is 4. The molecule has 1 saturated heterocycles. The minimum Gasteiger partial charge on any atom is -0.379 e. The molecule has 49 heavy (non-hydrogen) atoms. The Labute approximate surface area is 294 Å². The second kappa shape index (κ2) is 17.5. The van der Waals surface area contributed by atoms with Gasteiger partial charge in [-0.3, -0.25) is 19.2 Å². The van der Waals surface area contributed by atoms with Gasteiger partial charge in [-0.15, -0.1) is 11.3 Å². The number of carbonyl (C=O) groups is 4. The lowest BCUT2D eigenvalue weighted by atomic mass is 9.76. The van der Waals surface area contributed by atoms with Crippen LogP contribution in [0.3, 0.4) is 0 Å². The average molecular weight is 699 g/mol. The molecule has 12 nitrogen and oxygen atoms in total. The van der Waals surface area contributed by atoms with E-state index in [1.807, 2.05) is 47.5 Å². The van der Waals surface area contributed by atoms with Gasteiger partial charge in [0.05, 0.1) is 54.8 Å². The molecular weight excluding hydrogens is 644 g/mol. The maximum atomic E-state index is 14.0. The number of methoxy groups -OCH3 is 2. The van der Waals surface area contributed by atoms with Crippen LogP contribution in [0, 0.1) is 11.8 Å². The number of nitrogens with two attached hydrogens (primary N) is 1. The molecule has 0 spiro atoms. The van der Waals surface area contributed by atoms with Gasteiger partial charge in [-0.25, -0.2) is 4.98 Å². The number of thiazole rings is 1. The van der Waals surface area contributed by atoms with Crippen LogP contribution in [-0.4, -0.2) is 103 Å². The minimum atomic E-state index is -1.11.